The zero-order valence-corrected chi connectivity index (χ0v) is 13.6. The van der Waals surface area contributed by atoms with Crippen LogP contribution in [0.5, 0.6) is 0 Å². The molecule has 0 bridgehead atoms. The van der Waals surface area contributed by atoms with Crippen molar-refractivity contribution in [3.05, 3.63) is 65.7 Å². The summed E-state index contributed by atoms with van der Waals surface area (Å²) in [5.74, 6) is 1.26. The Kier molecular flexibility index (Phi) is 3.46. The standard InChI is InChI=1S/C20H23N2O/c1-16-10-12-18(13-11-16)21-15-20(23,17-7-3-2-4-8-17)22-14-6-5-9-19(21)22/h2-4,7-8,10-13,23H,5-6,9,14-15H2,1H3/q+1/t20-/m1/s1. The Morgan fingerprint density at radius 3 is 2.48 bits per heavy atom. The fourth-order valence-electron chi connectivity index (χ4n) is 3.81. The maximum atomic E-state index is 11.5. The number of β-amino-alcohol motifs (C(OH)–C–C–N with tert-alkyl or cyclic N) is 1. The van der Waals surface area contributed by atoms with Crippen molar-refractivity contribution in [2.45, 2.75) is 31.9 Å². The molecule has 23 heavy (non-hydrogen) atoms. The van der Waals surface area contributed by atoms with Crippen molar-refractivity contribution < 1.29 is 9.68 Å². The molecule has 0 spiro atoms. The van der Waals surface area contributed by atoms with Crippen molar-refractivity contribution in [2.24, 2.45) is 0 Å². The van der Waals surface area contributed by atoms with Crippen LogP contribution < -0.4 is 4.90 Å². The van der Waals surface area contributed by atoms with Gasteiger partial charge in [0.05, 0.1) is 6.54 Å². The van der Waals surface area contributed by atoms with Crippen LogP contribution in [-0.2, 0) is 5.72 Å². The molecule has 0 fully saturated rings. The van der Waals surface area contributed by atoms with Gasteiger partial charge in [-0.1, -0.05) is 48.0 Å². The molecule has 0 saturated carbocycles. The Labute approximate surface area is 137 Å². The highest BCUT2D eigenvalue weighted by atomic mass is 16.3. The van der Waals surface area contributed by atoms with Crippen LogP contribution >= 0.6 is 0 Å². The van der Waals surface area contributed by atoms with Crippen molar-refractivity contribution in [1.82, 2.24) is 0 Å². The summed E-state index contributed by atoms with van der Waals surface area (Å²) in [4.78, 5) is 2.30. The Morgan fingerprint density at radius 2 is 1.74 bits per heavy atom. The quantitative estimate of drug-likeness (QED) is 0.862. The Balaban J connectivity index is 1.79. The molecule has 0 amide bonds. The van der Waals surface area contributed by atoms with E-state index in [0.717, 1.165) is 24.9 Å². The molecule has 0 radical (unpaired) electrons. The van der Waals surface area contributed by atoms with E-state index in [2.05, 4.69) is 40.7 Å². The Morgan fingerprint density at radius 1 is 1.00 bits per heavy atom. The molecule has 0 unspecified atom stereocenters. The maximum absolute atomic E-state index is 11.5. The molecular formula is C20H23N2O+. The summed E-state index contributed by atoms with van der Waals surface area (Å²) >= 11 is 0. The number of hydrogen-bond donors (Lipinski definition) is 1. The van der Waals surface area contributed by atoms with Crippen LogP contribution in [0.1, 0.15) is 30.4 Å². The third-order valence-electron chi connectivity index (χ3n) is 5.06. The van der Waals surface area contributed by atoms with Gasteiger partial charge in [-0.2, -0.15) is 0 Å². The van der Waals surface area contributed by atoms with Gasteiger partial charge in [0.2, 0.25) is 0 Å². The smallest absolute Gasteiger partial charge is 0.271 e. The summed E-state index contributed by atoms with van der Waals surface area (Å²) in [6.45, 7) is 3.62. The third kappa shape index (κ3) is 2.36. The summed E-state index contributed by atoms with van der Waals surface area (Å²) in [5, 5.41) is 11.5. The zero-order valence-electron chi connectivity index (χ0n) is 13.6. The SMILES string of the molecule is Cc1ccc(N2C[C@@](O)(c3ccccc3)[N+]3=C2CCCC3)cc1. The second-order valence-corrected chi connectivity index (χ2v) is 6.63. The fourth-order valence-corrected chi connectivity index (χ4v) is 3.81. The molecule has 2 aliphatic heterocycles. The molecule has 3 heteroatoms. The van der Waals surface area contributed by atoms with E-state index in [9.17, 15) is 5.11 Å². The van der Waals surface area contributed by atoms with Crippen molar-refractivity contribution in [2.75, 3.05) is 18.0 Å². The molecule has 0 aromatic heterocycles. The van der Waals surface area contributed by atoms with E-state index in [0.29, 0.717) is 6.54 Å². The van der Waals surface area contributed by atoms with E-state index < -0.39 is 5.72 Å². The lowest BCUT2D eigenvalue weighted by atomic mass is 10.0. The summed E-state index contributed by atoms with van der Waals surface area (Å²) < 4.78 is 2.21. The molecule has 2 aromatic carbocycles. The average Bonchev–Trinajstić information content (AvgIpc) is 2.91. The highest BCUT2D eigenvalue weighted by Crippen LogP contribution is 2.35. The first kappa shape index (κ1) is 14.5. The van der Waals surface area contributed by atoms with Crippen LogP contribution in [0, 0.1) is 6.92 Å². The summed E-state index contributed by atoms with van der Waals surface area (Å²) in [5.41, 5.74) is 2.48. The summed E-state index contributed by atoms with van der Waals surface area (Å²) in [7, 11) is 0. The van der Waals surface area contributed by atoms with E-state index in [1.165, 1.54) is 23.5 Å². The predicted octanol–water partition coefficient (Wildman–Crippen LogP) is 3.26. The minimum Gasteiger partial charge on any atom is -0.346 e. The zero-order chi connectivity index (χ0) is 15.9. The van der Waals surface area contributed by atoms with Crippen molar-refractivity contribution in [1.29, 1.82) is 0 Å². The van der Waals surface area contributed by atoms with Crippen LogP contribution in [0.2, 0.25) is 0 Å². The minimum absolute atomic E-state index is 0.593. The van der Waals surface area contributed by atoms with Crippen LogP contribution in [0.25, 0.3) is 0 Å². The van der Waals surface area contributed by atoms with Gasteiger partial charge in [-0.15, -0.1) is 0 Å². The fraction of sp³-hybridized carbons (Fsp3) is 0.350. The van der Waals surface area contributed by atoms with Gasteiger partial charge >= 0.3 is 0 Å². The van der Waals surface area contributed by atoms with Gasteiger partial charge in [0.25, 0.3) is 11.6 Å². The van der Waals surface area contributed by atoms with Crippen LogP contribution in [0.3, 0.4) is 0 Å². The summed E-state index contributed by atoms with van der Waals surface area (Å²) in [6, 6.07) is 18.7. The first-order valence-corrected chi connectivity index (χ1v) is 8.44. The number of aliphatic hydroxyl groups is 1. The van der Waals surface area contributed by atoms with Crippen molar-refractivity contribution >= 4 is 11.5 Å². The molecular weight excluding hydrogens is 284 g/mol. The monoisotopic (exact) mass is 307 g/mol. The predicted molar refractivity (Wildman–Crippen MR) is 92.8 cm³/mol. The molecule has 2 heterocycles. The Bertz CT molecular complexity index is 736. The normalized spacial score (nSPS) is 24.0. The number of benzene rings is 2. The minimum atomic E-state index is -0.929. The lowest BCUT2D eigenvalue weighted by molar-refractivity contribution is -0.661. The second kappa shape index (κ2) is 5.50. The van der Waals surface area contributed by atoms with E-state index in [-0.39, 0.29) is 0 Å². The van der Waals surface area contributed by atoms with Crippen LogP contribution in [0.4, 0.5) is 5.69 Å². The lowest BCUT2D eigenvalue weighted by Crippen LogP contribution is -2.41. The van der Waals surface area contributed by atoms with Gasteiger partial charge < -0.3 is 5.11 Å². The van der Waals surface area contributed by atoms with Gasteiger partial charge in [0, 0.05) is 12.0 Å². The molecule has 4 rings (SSSR count). The van der Waals surface area contributed by atoms with Crippen LogP contribution in [0.15, 0.2) is 54.6 Å². The molecule has 3 nitrogen and oxygen atoms in total. The molecule has 2 aliphatic rings. The van der Waals surface area contributed by atoms with E-state index in [4.69, 9.17) is 0 Å². The number of rotatable bonds is 2. The van der Waals surface area contributed by atoms with Gasteiger partial charge in [-0.05, 0) is 31.9 Å². The largest absolute Gasteiger partial charge is 0.346 e. The topological polar surface area (TPSA) is 26.5 Å². The molecule has 1 atom stereocenters. The third-order valence-corrected chi connectivity index (χ3v) is 5.06. The first-order chi connectivity index (χ1) is 11.2. The Hall–Kier alpha value is -2.13. The first-order valence-electron chi connectivity index (χ1n) is 8.44. The number of nitrogens with zero attached hydrogens (tertiary/aromatic N) is 2. The number of anilines is 1. The average molecular weight is 307 g/mol. The van der Waals surface area contributed by atoms with E-state index in [1.54, 1.807) is 0 Å². The number of aryl methyl sites for hydroxylation is 1. The van der Waals surface area contributed by atoms with Crippen molar-refractivity contribution in [3.8, 4) is 0 Å². The molecule has 0 aliphatic carbocycles. The number of amidine groups is 1. The number of hydrogen-bond acceptors (Lipinski definition) is 2. The van der Waals surface area contributed by atoms with Crippen LogP contribution in [-0.4, -0.2) is 28.6 Å². The van der Waals surface area contributed by atoms with Gasteiger partial charge in [-0.3, -0.25) is 0 Å². The molecule has 118 valence electrons. The highest BCUT2D eigenvalue weighted by molar-refractivity contribution is 5.96. The summed E-state index contributed by atoms with van der Waals surface area (Å²) in [6.07, 6.45) is 3.36. The van der Waals surface area contributed by atoms with E-state index >= 15 is 0 Å². The van der Waals surface area contributed by atoms with E-state index in [1.807, 2.05) is 30.3 Å². The highest BCUT2D eigenvalue weighted by Gasteiger charge is 2.52. The van der Waals surface area contributed by atoms with Crippen molar-refractivity contribution in [3.63, 3.8) is 0 Å². The lowest BCUT2D eigenvalue weighted by Gasteiger charge is -2.24. The second-order valence-electron chi connectivity index (χ2n) is 6.63. The molecule has 0 saturated heterocycles. The van der Waals surface area contributed by atoms with Gasteiger partial charge in [0.1, 0.15) is 5.69 Å². The van der Waals surface area contributed by atoms with Gasteiger partial charge in [0.15, 0.2) is 6.54 Å². The van der Waals surface area contributed by atoms with Gasteiger partial charge in [-0.25, -0.2) is 9.48 Å². The molecule has 1 N–H and O–H groups in total. The maximum Gasteiger partial charge on any atom is 0.271 e. The molecule has 2 aromatic rings.